The van der Waals surface area contributed by atoms with Crippen molar-refractivity contribution >= 4 is 21.8 Å². The molecule has 19 heavy (non-hydrogen) atoms. The lowest BCUT2D eigenvalue weighted by molar-refractivity contribution is -0.119. The molecule has 0 spiro atoms. The predicted octanol–water partition coefficient (Wildman–Crippen LogP) is 2.17. The van der Waals surface area contributed by atoms with E-state index in [4.69, 9.17) is 4.74 Å². The van der Waals surface area contributed by atoms with Crippen molar-refractivity contribution in [3.8, 4) is 5.75 Å². The maximum absolute atomic E-state index is 11.1. The first-order valence-corrected chi connectivity index (χ1v) is 7.19. The lowest BCUT2D eigenvalue weighted by Gasteiger charge is -2.18. The molecule has 1 aliphatic rings. The van der Waals surface area contributed by atoms with Crippen LogP contribution in [0.15, 0.2) is 22.7 Å². The van der Waals surface area contributed by atoms with Crippen molar-refractivity contribution in [3.63, 3.8) is 0 Å². The molecule has 1 amide bonds. The van der Waals surface area contributed by atoms with Gasteiger partial charge in [-0.05, 0) is 24.6 Å². The summed E-state index contributed by atoms with van der Waals surface area (Å²) in [6.45, 7) is 4.31. The van der Waals surface area contributed by atoms with Crippen LogP contribution < -0.4 is 10.1 Å². The van der Waals surface area contributed by atoms with Crippen molar-refractivity contribution in [1.29, 1.82) is 0 Å². The number of amides is 1. The largest absolute Gasteiger partial charge is 0.496 e. The van der Waals surface area contributed by atoms with Crippen LogP contribution in [0.25, 0.3) is 0 Å². The first-order valence-electron chi connectivity index (χ1n) is 6.40. The van der Waals surface area contributed by atoms with Crippen LogP contribution in [-0.2, 0) is 11.3 Å². The van der Waals surface area contributed by atoms with Gasteiger partial charge in [-0.15, -0.1) is 0 Å². The summed E-state index contributed by atoms with van der Waals surface area (Å²) in [6.07, 6.45) is 1.01. The van der Waals surface area contributed by atoms with Crippen molar-refractivity contribution in [2.24, 2.45) is 0 Å². The zero-order valence-corrected chi connectivity index (χ0v) is 12.9. The first-order chi connectivity index (χ1) is 9.08. The molecule has 1 unspecified atom stereocenters. The van der Waals surface area contributed by atoms with Crippen LogP contribution >= 0.6 is 15.9 Å². The molecule has 0 aromatic heterocycles. The summed E-state index contributed by atoms with van der Waals surface area (Å²) in [5, 5.41) is 2.98. The van der Waals surface area contributed by atoms with Crippen molar-refractivity contribution in [1.82, 2.24) is 10.2 Å². The topological polar surface area (TPSA) is 41.6 Å². The van der Waals surface area contributed by atoms with Crippen LogP contribution in [0.2, 0.25) is 0 Å². The van der Waals surface area contributed by atoms with Gasteiger partial charge in [0.25, 0.3) is 0 Å². The number of methoxy groups -OCH3 is 1. The van der Waals surface area contributed by atoms with Gasteiger partial charge in [-0.2, -0.15) is 0 Å². The minimum atomic E-state index is 0.0480. The number of likely N-dealkylation sites (tertiary alicyclic amines) is 1. The summed E-state index contributed by atoms with van der Waals surface area (Å²) >= 11 is 3.49. The molecule has 0 bridgehead atoms. The van der Waals surface area contributed by atoms with Gasteiger partial charge in [0, 0.05) is 42.6 Å². The highest BCUT2D eigenvalue weighted by Crippen LogP contribution is 2.25. The maximum Gasteiger partial charge on any atom is 0.217 e. The van der Waals surface area contributed by atoms with Gasteiger partial charge in [-0.1, -0.05) is 15.9 Å². The summed E-state index contributed by atoms with van der Waals surface area (Å²) in [4.78, 5) is 13.4. The quantitative estimate of drug-likeness (QED) is 0.922. The van der Waals surface area contributed by atoms with Crippen LogP contribution in [0.5, 0.6) is 5.75 Å². The molecule has 1 heterocycles. The van der Waals surface area contributed by atoms with E-state index in [0.29, 0.717) is 0 Å². The highest BCUT2D eigenvalue weighted by molar-refractivity contribution is 9.10. The molecule has 1 aromatic carbocycles. The molecular weight excluding hydrogens is 308 g/mol. The van der Waals surface area contributed by atoms with Crippen molar-refractivity contribution < 1.29 is 9.53 Å². The highest BCUT2D eigenvalue weighted by Gasteiger charge is 2.23. The Morgan fingerprint density at radius 3 is 3.05 bits per heavy atom. The summed E-state index contributed by atoms with van der Waals surface area (Å²) < 4.78 is 6.44. The third kappa shape index (κ3) is 3.94. The Hall–Kier alpha value is -1.07. The zero-order valence-electron chi connectivity index (χ0n) is 11.3. The number of benzene rings is 1. The molecule has 1 N–H and O–H groups in total. The molecule has 0 aliphatic carbocycles. The fraction of sp³-hybridized carbons (Fsp3) is 0.500. The molecule has 1 aromatic rings. The maximum atomic E-state index is 11.1. The highest BCUT2D eigenvalue weighted by atomic mass is 79.9. The molecule has 4 nitrogen and oxygen atoms in total. The standard InChI is InChI=1S/C14H19BrN2O2/c1-10(18)16-13-5-6-17(9-13)8-11-7-12(15)3-4-14(11)19-2/h3-4,7,13H,5-6,8-9H2,1-2H3,(H,16,18). The number of hydrogen-bond acceptors (Lipinski definition) is 3. The van der Waals surface area contributed by atoms with Crippen molar-refractivity contribution in [3.05, 3.63) is 28.2 Å². The Kier molecular flexibility index (Phi) is 4.82. The molecule has 0 saturated carbocycles. The van der Waals surface area contributed by atoms with Crippen molar-refractivity contribution in [2.75, 3.05) is 20.2 Å². The fourth-order valence-corrected chi connectivity index (χ4v) is 2.90. The summed E-state index contributed by atoms with van der Waals surface area (Å²) in [7, 11) is 1.69. The van der Waals surface area contributed by atoms with Crippen molar-refractivity contribution in [2.45, 2.75) is 25.9 Å². The van der Waals surface area contributed by atoms with Gasteiger partial charge in [0.15, 0.2) is 0 Å². The Labute approximate surface area is 122 Å². The van der Waals surface area contributed by atoms with E-state index in [1.54, 1.807) is 14.0 Å². The number of carbonyl (C=O) groups is 1. The Morgan fingerprint density at radius 2 is 2.37 bits per heavy atom. The Balaban J connectivity index is 1.98. The second-order valence-corrected chi connectivity index (χ2v) is 5.79. The van der Waals surface area contributed by atoms with E-state index < -0.39 is 0 Å². The molecule has 1 fully saturated rings. The predicted molar refractivity (Wildman–Crippen MR) is 78.2 cm³/mol. The third-order valence-corrected chi connectivity index (χ3v) is 3.81. The zero-order chi connectivity index (χ0) is 13.8. The second kappa shape index (κ2) is 6.39. The number of rotatable bonds is 4. The Bertz CT molecular complexity index is 465. The third-order valence-electron chi connectivity index (χ3n) is 3.32. The van der Waals surface area contributed by atoms with Crippen LogP contribution in [0.4, 0.5) is 0 Å². The molecule has 2 rings (SSSR count). The van der Waals surface area contributed by atoms with E-state index in [1.807, 2.05) is 12.1 Å². The van der Waals surface area contributed by atoms with Crippen LogP contribution in [0, 0.1) is 0 Å². The number of hydrogen-bond donors (Lipinski definition) is 1. The second-order valence-electron chi connectivity index (χ2n) is 4.88. The van der Waals surface area contributed by atoms with E-state index in [0.717, 1.165) is 36.3 Å². The van der Waals surface area contributed by atoms with E-state index in [2.05, 4.69) is 32.2 Å². The molecule has 104 valence electrons. The minimum Gasteiger partial charge on any atom is -0.496 e. The molecule has 1 atom stereocenters. The van der Waals surface area contributed by atoms with Gasteiger partial charge >= 0.3 is 0 Å². The summed E-state index contributed by atoms with van der Waals surface area (Å²) in [6, 6.07) is 6.31. The monoisotopic (exact) mass is 326 g/mol. The van der Waals surface area contributed by atoms with E-state index in [9.17, 15) is 4.79 Å². The van der Waals surface area contributed by atoms with Gasteiger partial charge < -0.3 is 10.1 Å². The molecular formula is C14H19BrN2O2. The number of ether oxygens (including phenoxy) is 1. The summed E-state index contributed by atoms with van der Waals surface area (Å²) in [5.74, 6) is 0.957. The lowest BCUT2D eigenvalue weighted by atomic mass is 10.2. The SMILES string of the molecule is COc1ccc(Br)cc1CN1CCC(NC(C)=O)C1. The van der Waals surface area contributed by atoms with Gasteiger partial charge in [0.05, 0.1) is 7.11 Å². The van der Waals surface area contributed by atoms with Crippen LogP contribution in [0.3, 0.4) is 0 Å². The Morgan fingerprint density at radius 1 is 1.58 bits per heavy atom. The molecule has 1 saturated heterocycles. The summed E-state index contributed by atoms with van der Waals surface area (Å²) in [5.41, 5.74) is 1.17. The van der Waals surface area contributed by atoms with E-state index in [-0.39, 0.29) is 11.9 Å². The van der Waals surface area contributed by atoms with Crippen LogP contribution in [0.1, 0.15) is 18.9 Å². The van der Waals surface area contributed by atoms with Gasteiger partial charge in [0.2, 0.25) is 5.91 Å². The van der Waals surface area contributed by atoms with Crippen LogP contribution in [-0.4, -0.2) is 37.0 Å². The number of nitrogens with zero attached hydrogens (tertiary/aromatic N) is 1. The fourth-order valence-electron chi connectivity index (χ4n) is 2.49. The smallest absolute Gasteiger partial charge is 0.217 e. The van der Waals surface area contributed by atoms with Gasteiger partial charge in [-0.25, -0.2) is 0 Å². The molecule has 5 heteroatoms. The van der Waals surface area contributed by atoms with E-state index >= 15 is 0 Å². The number of carbonyl (C=O) groups excluding carboxylic acids is 1. The average Bonchev–Trinajstić information content (AvgIpc) is 2.76. The normalized spacial score (nSPS) is 19.4. The molecule has 0 radical (unpaired) electrons. The average molecular weight is 327 g/mol. The van der Waals surface area contributed by atoms with E-state index in [1.165, 1.54) is 5.56 Å². The number of nitrogens with one attached hydrogen (secondary N) is 1. The minimum absolute atomic E-state index is 0.0480. The van der Waals surface area contributed by atoms with Gasteiger partial charge in [-0.3, -0.25) is 9.69 Å². The lowest BCUT2D eigenvalue weighted by Crippen LogP contribution is -2.35. The van der Waals surface area contributed by atoms with Gasteiger partial charge in [0.1, 0.15) is 5.75 Å². The molecule has 1 aliphatic heterocycles. The first kappa shape index (κ1) is 14.3. The number of halogens is 1.